The number of carboxylic acid groups (broad SMARTS) is 1. The Morgan fingerprint density at radius 3 is 2.50 bits per heavy atom. The molecule has 3 aromatic heterocycles. The largest absolute Gasteiger partial charge is 0.481 e. The summed E-state index contributed by atoms with van der Waals surface area (Å²) in [7, 11) is 0. The lowest BCUT2D eigenvalue weighted by atomic mass is 9.61. The molecule has 2 bridgehead atoms. The zero-order valence-corrected chi connectivity index (χ0v) is 17.9. The number of anilines is 1. The molecule has 2 atom stereocenters. The number of hydrogen-bond acceptors (Lipinski definition) is 5. The summed E-state index contributed by atoms with van der Waals surface area (Å²) in [6.45, 7) is 0. The predicted octanol–water partition coefficient (Wildman–Crippen LogP) is 4.89. The van der Waals surface area contributed by atoms with Gasteiger partial charge in [0.1, 0.15) is 17.3 Å². The van der Waals surface area contributed by atoms with Crippen LogP contribution >= 0.6 is 0 Å². The third kappa shape index (κ3) is 3.27. The minimum atomic E-state index is -1.06. The van der Waals surface area contributed by atoms with Crippen LogP contribution in [-0.4, -0.2) is 37.1 Å². The summed E-state index contributed by atoms with van der Waals surface area (Å²) in [5, 5.41) is 13.9. The highest BCUT2D eigenvalue weighted by Crippen LogP contribution is 2.46. The van der Waals surface area contributed by atoms with E-state index in [1.165, 1.54) is 6.07 Å². The van der Waals surface area contributed by atoms with Gasteiger partial charge in [0, 0.05) is 34.6 Å². The molecule has 3 aliphatic rings. The van der Waals surface area contributed by atoms with Crippen molar-refractivity contribution in [1.29, 1.82) is 0 Å². The van der Waals surface area contributed by atoms with Gasteiger partial charge in [-0.05, 0) is 49.7 Å². The van der Waals surface area contributed by atoms with Gasteiger partial charge in [-0.3, -0.25) is 4.79 Å². The topological polar surface area (TPSA) is 104 Å². The van der Waals surface area contributed by atoms with E-state index < -0.39 is 35.4 Å². The molecular formula is C24H20F3N5O2. The van der Waals surface area contributed by atoms with E-state index in [0.717, 1.165) is 44.0 Å². The lowest BCUT2D eigenvalue weighted by molar-refractivity contribution is -0.148. The van der Waals surface area contributed by atoms with Crippen molar-refractivity contribution >= 4 is 33.7 Å². The zero-order valence-electron chi connectivity index (χ0n) is 17.9. The second kappa shape index (κ2) is 7.68. The highest BCUT2D eigenvalue weighted by molar-refractivity contribution is 5.96. The fourth-order valence-electron chi connectivity index (χ4n) is 5.69. The number of carbonyl (C=O) groups is 1. The van der Waals surface area contributed by atoms with E-state index in [4.69, 9.17) is 0 Å². The number of aliphatic carboxylic acids is 1. The van der Waals surface area contributed by atoms with Crippen molar-refractivity contribution in [2.45, 2.75) is 31.7 Å². The monoisotopic (exact) mass is 467 g/mol. The Bertz CT molecular complexity index is 1450. The molecule has 0 amide bonds. The van der Waals surface area contributed by atoms with Crippen LogP contribution in [-0.2, 0) is 4.79 Å². The van der Waals surface area contributed by atoms with Gasteiger partial charge in [-0.25, -0.2) is 28.1 Å². The van der Waals surface area contributed by atoms with Crippen molar-refractivity contribution < 1.29 is 23.1 Å². The Kier molecular flexibility index (Phi) is 4.72. The number of benzene rings is 1. The highest BCUT2D eigenvalue weighted by atomic mass is 19.2. The molecule has 0 radical (unpaired) electrons. The van der Waals surface area contributed by atoms with E-state index in [1.54, 1.807) is 6.20 Å². The molecule has 174 valence electrons. The first-order chi connectivity index (χ1) is 16.4. The number of fused-ring (bicyclic) bond motifs is 5. The summed E-state index contributed by atoms with van der Waals surface area (Å²) in [5.41, 5.74) is 1.02. The first-order valence-electron chi connectivity index (χ1n) is 11.2. The quantitative estimate of drug-likeness (QED) is 0.395. The van der Waals surface area contributed by atoms with Gasteiger partial charge in [-0.15, -0.1) is 0 Å². The molecule has 3 fully saturated rings. The number of carboxylic acids is 1. The van der Waals surface area contributed by atoms with Gasteiger partial charge in [0.15, 0.2) is 17.5 Å². The smallest absolute Gasteiger partial charge is 0.308 e. The van der Waals surface area contributed by atoms with Crippen molar-refractivity contribution in [2.75, 3.05) is 5.32 Å². The molecule has 0 spiro atoms. The fraction of sp³-hybridized carbons (Fsp3) is 0.333. The second-order valence-corrected chi connectivity index (χ2v) is 9.14. The molecule has 2 unspecified atom stereocenters. The molecule has 3 aliphatic carbocycles. The third-order valence-electron chi connectivity index (χ3n) is 7.28. The van der Waals surface area contributed by atoms with Gasteiger partial charge < -0.3 is 15.4 Å². The van der Waals surface area contributed by atoms with E-state index >= 15 is 0 Å². The van der Waals surface area contributed by atoms with Crippen LogP contribution in [0.5, 0.6) is 0 Å². The molecule has 3 saturated carbocycles. The Balaban J connectivity index is 1.52. The van der Waals surface area contributed by atoms with Gasteiger partial charge in [0.25, 0.3) is 0 Å². The minimum absolute atomic E-state index is 0.0596. The van der Waals surface area contributed by atoms with E-state index in [-0.39, 0.29) is 34.4 Å². The normalized spacial score (nSPS) is 24.1. The van der Waals surface area contributed by atoms with Gasteiger partial charge >= 0.3 is 5.97 Å². The Hall–Kier alpha value is -3.69. The van der Waals surface area contributed by atoms with Crippen LogP contribution in [0.15, 0.2) is 30.6 Å². The summed E-state index contributed by atoms with van der Waals surface area (Å²) in [5.74, 6) is -3.55. The summed E-state index contributed by atoms with van der Waals surface area (Å²) in [4.78, 5) is 28.1. The summed E-state index contributed by atoms with van der Waals surface area (Å²) < 4.78 is 42.2. The Morgan fingerprint density at radius 2 is 1.74 bits per heavy atom. The van der Waals surface area contributed by atoms with Crippen LogP contribution in [0.2, 0.25) is 0 Å². The highest BCUT2D eigenvalue weighted by Gasteiger charge is 2.47. The molecule has 0 saturated heterocycles. The number of rotatable bonds is 4. The number of pyridine rings is 1. The van der Waals surface area contributed by atoms with Crippen molar-refractivity contribution in [3.63, 3.8) is 0 Å². The average molecular weight is 467 g/mol. The van der Waals surface area contributed by atoms with Crippen LogP contribution in [0.3, 0.4) is 0 Å². The van der Waals surface area contributed by atoms with Crippen LogP contribution in [0.1, 0.15) is 25.7 Å². The van der Waals surface area contributed by atoms with E-state index in [1.807, 2.05) is 0 Å². The number of H-pyrrole nitrogens is 1. The number of hydrogen-bond donors (Lipinski definition) is 3. The van der Waals surface area contributed by atoms with Gasteiger partial charge in [0.2, 0.25) is 0 Å². The zero-order chi connectivity index (χ0) is 23.6. The third-order valence-corrected chi connectivity index (χ3v) is 7.28. The summed E-state index contributed by atoms with van der Waals surface area (Å²) in [6.07, 6.45) is 6.19. The number of nitrogens with one attached hydrogen (secondary N) is 2. The molecule has 34 heavy (non-hydrogen) atoms. The molecule has 7 nitrogen and oxygen atoms in total. The maximum absolute atomic E-state index is 14.2. The number of aromatic amines is 1. The van der Waals surface area contributed by atoms with Crippen LogP contribution in [0.4, 0.5) is 19.0 Å². The molecule has 3 N–H and O–H groups in total. The molecule has 7 rings (SSSR count). The SMILES string of the molecule is O=C(O)C1C2CCC(CC2)C1Nc1nc(-c2c[nH]c3ncc(F)cc23)nc2cc(F)c(F)cc12. The number of aromatic nitrogens is 4. The minimum Gasteiger partial charge on any atom is -0.481 e. The van der Waals surface area contributed by atoms with Crippen LogP contribution in [0.25, 0.3) is 33.3 Å². The lowest BCUT2D eigenvalue weighted by Crippen LogP contribution is -2.51. The second-order valence-electron chi connectivity index (χ2n) is 9.14. The summed E-state index contributed by atoms with van der Waals surface area (Å²) in [6, 6.07) is 2.90. The van der Waals surface area contributed by atoms with E-state index in [0.29, 0.717) is 16.6 Å². The number of nitrogens with zero attached hydrogens (tertiary/aromatic N) is 3. The van der Waals surface area contributed by atoms with Crippen LogP contribution < -0.4 is 5.32 Å². The average Bonchev–Trinajstić information content (AvgIpc) is 3.23. The number of halogens is 3. The van der Waals surface area contributed by atoms with Gasteiger partial charge in [0.05, 0.1) is 17.6 Å². The van der Waals surface area contributed by atoms with E-state index in [2.05, 4.69) is 25.3 Å². The predicted molar refractivity (Wildman–Crippen MR) is 118 cm³/mol. The Labute approximate surface area is 191 Å². The van der Waals surface area contributed by atoms with Gasteiger partial charge in [-0.2, -0.15) is 0 Å². The van der Waals surface area contributed by atoms with E-state index in [9.17, 15) is 23.1 Å². The molecule has 4 aromatic rings. The van der Waals surface area contributed by atoms with Crippen molar-refractivity contribution in [1.82, 2.24) is 19.9 Å². The molecule has 0 aliphatic heterocycles. The molecular weight excluding hydrogens is 447 g/mol. The Morgan fingerprint density at radius 1 is 1.00 bits per heavy atom. The first kappa shape index (κ1) is 20.9. The molecule has 3 heterocycles. The van der Waals surface area contributed by atoms with Gasteiger partial charge in [-0.1, -0.05) is 0 Å². The summed E-state index contributed by atoms with van der Waals surface area (Å²) >= 11 is 0. The fourth-order valence-corrected chi connectivity index (χ4v) is 5.69. The van der Waals surface area contributed by atoms with Crippen molar-refractivity contribution in [3.05, 3.63) is 48.0 Å². The lowest BCUT2D eigenvalue weighted by Gasteiger charge is -2.47. The first-order valence-corrected chi connectivity index (χ1v) is 11.2. The molecule has 10 heteroatoms. The van der Waals surface area contributed by atoms with Crippen molar-refractivity contribution in [2.24, 2.45) is 17.8 Å². The van der Waals surface area contributed by atoms with Crippen LogP contribution in [0, 0.1) is 35.2 Å². The van der Waals surface area contributed by atoms with Crippen molar-refractivity contribution in [3.8, 4) is 11.4 Å². The maximum atomic E-state index is 14.2. The maximum Gasteiger partial charge on any atom is 0.308 e. The standard InChI is InChI=1S/C24H20F3N5O2/c25-12-5-13-15(9-29-21(13)28-8-12)23-30-18-7-17(27)16(26)6-14(18)22(32-23)31-20-11-3-1-10(2-4-11)19(20)24(33)34/h5-11,19-20H,1-4H2,(H,28,29)(H,33,34)(H,30,31,32). The molecule has 1 aromatic carbocycles.